The maximum Gasteiger partial charge on any atom is 0.261 e. The Morgan fingerprint density at radius 1 is 1.33 bits per heavy atom. The van der Waals surface area contributed by atoms with Crippen molar-refractivity contribution in [2.75, 3.05) is 19.8 Å². The van der Waals surface area contributed by atoms with Crippen molar-refractivity contribution in [3.8, 4) is 0 Å². The number of carbonyl (C=O) groups is 1. The highest BCUT2D eigenvalue weighted by Gasteiger charge is 2.05. The summed E-state index contributed by atoms with van der Waals surface area (Å²) in [6, 6.07) is 6.84. The first-order valence-corrected chi connectivity index (χ1v) is 5.96. The lowest BCUT2D eigenvalue weighted by molar-refractivity contribution is 0.0188. The van der Waals surface area contributed by atoms with E-state index in [-0.39, 0.29) is 19.1 Å². The average Bonchev–Trinajstić information content (AvgIpc) is 2.38. The molecule has 0 atom stereocenters. The number of alkyl halides is 3. The summed E-state index contributed by atoms with van der Waals surface area (Å²) in [6.45, 7) is -0.348. The minimum atomic E-state index is -2.48. The maximum atomic E-state index is 11.7. The fraction of sp³-hybridized carbons (Fsp3) is 0.417. The fourth-order valence-electron chi connectivity index (χ4n) is 1.26. The first-order valence-electron chi connectivity index (χ1n) is 5.42. The largest absolute Gasteiger partial charge is 0.374 e. The first kappa shape index (κ1) is 14.9. The quantitative estimate of drug-likeness (QED) is 0.614. The Morgan fingerprint density at radius 3 is 2.56 bits per heavy atom. The van der Waals surface area contributed by atoms with Crippen molar-refractivity contribution in [2.24, 2.45) is 0 Å². The van der Waals surface area contributed by atoms with Crippen molar-refractivity contribution < 1.29 is 18.3 Å². The summed E-state index contributed by atoms with van der Waals surface area (Å²) < 4.78 is 28.1. The summed E-state index contributed by atoms with van der Waals surface area (Å²) in [5, 5.41) is 2.57. The zero-order valence-corrected chi connectivity index (χ0v) is 10.4. The molecule has 0 aliphatic carbocycles. The van der Waals surface area contributed by atoms with E-state index >= 15 is 0 Å². The topological polar surface area (TPSA) is 38.3 Å². The highest BCUT2D eigenvalue weighted by molar-refractivity contribution is 6.17. The number of rotatable bonds is 7. The van der Waals surface area contributed by atoms with E-state index in [0.717, 1.165) is 5.56 Å². The van der Waals surface area contributed by atoms with Gasteiger partial charge in [-0.25, -0.2) is 8.78 Å². The second-order valence-corrected chi connectivity index (χ2v) is 3.82. The van der Waals surface area contributed by atoms with Crippen molar-refractivity contribution in [3.05, 3.63) is 35.4 Å². The average molecular weight is 278 g/mol. The van der Waals surface area contributed by atoms with E-state index in [9.17, 15) is 13.6 Å². The smallest absolute Gasteiger partial charge is 0.261 e. The summed E-state index contributed by atoms with van der Waals surface area (Å²) in [5.41, 5.74) is 1.42. The van der Waals surface area contributed by atoms with E-state index in [1.807, 2.05) is 0 Å². The van der Waals surface area contributed by atoms with Crippen LogP contribution in [0.5, 0.6) is 0 Å². The second kappa shape index (κ2) is 8.00. The van der Waals surface area contributed by atoms with Gasteiger partial charge in [-0.2, -0.15) is 0 Å². The van der Waals surface area contributed by atoms with Crippen LogP contribution in [-0.2, 0) is 10.6 Å². The molecule has 1 aromatic carbocycles. The van der Waals surface area contributed by atoms with Crippen LogP contribution in [0.15, 0.2) is 24.3 Å². The Bertz CT molecular complexity index is 371. The standard InChI is InChI=1S/C12H14ClF2NO2/c13-7-9-1-3-10(4-2-9)12(17)16-5-6-18-8-11(14)15/h1-4,11H,5-8H2,(H,16,17). The summed E-state index contributed by atoms with van der Waals surface area (Å²) in [7, 11) is 0. The van der Waals surface area contributed by atoms with Gasteiger partial charge in [-0.05, 0) is 17.7 Å². The van der Waals surface area contributed by atoms with Crippen LogP contribution < -0.4 is 5.32 Å². The van der Waals surface area contributed by atoms with Gasteiger partial charge in [0, 0.05) is 18.0 Å². The lowest BCUT2D eigenvalue weighted by atomic mass is 10.1. The number of nitrogens with one attached hydrogen (secondary N) is 1. The molecular weight excluding hydrogens is 264 g/mol. The molecule has 0 aromatic heterocycles. The second-order valence-electron chi connectivity index (χ2n) is 3.55. The van der Waals surface area contributed by atoms with Crippen molar-refractivity contribution in [3.63, 3.8) is 0 Å². The molecule has 0 fully saturated rings. The maximum absolute atomic E-state index is 11.7. The van der Waals surface area contributed by atoms with Crippen LogP contribution in [0.4, 0.5) is 8.78 Å². The van der Waals surface area contributed by atoms with Gasteiger partial charge in [0.2, 0.25) is 0 Å². The molecule has 18 heavy (non-hydrogen) atoms. The molecule has 0 radical (unpaired) electrons. The SMILES string of the molecule is O=C(NCCOCC(F)F)c1ccc(CCl)cc1. The fourth-order valence-corrected chi connectivity index (χ4v) is 1.43. The van der Waals surface area contributed by atoms with Gasteiger partial charge in [-0.3, -0.25) is 4.79 Å². The highest BCUT2D eigenvalue weighted by atomic mass is 35.5. The molecule has 6 heteroatoms. The molecule has 0 aliphatic heterocycles. The molecule has 1 amide bonds. The number of amides is 1. The van der Waals surface area contributed by atoms with Crippen LogP contribution in [0.2, 0.25) is 0 Å². The molecule has 0 heterocycles. The highest BCUT2D eigenvalue weighted by Crippen LogP contribution is 2.06. The van der Waals surface area contributed by atoms with Gasteiger partial charge in [-0.1, -0.05) is 12.1 Å². The minimum absolute atomic E-state index is 0.0653. The van der Waals surface area contributed by atoms with E-state index in [1.54, 1.807) is 24.3 Å². The third-order valence-corrected chi connectivity index (χ3v) is 2.45. The predicted octanol–water partition coefficient (Wildman–Crippen LogP) is 2.44. The zero-order valence-electron chi connectivity index (χ0n) is 9.67. The van der Waals surface area contributed by atoms with E-state index in [0.29, 0.717) is 11.4 Å². The van der Waals surface area contributed by atoms with Crippen LogP contribution in [0.3, 0.4) is 0 Å². The van der Waals surface area contributed by atoms with Crippen molar-refractivity contribution in [2.45, 2.75) is 12.3 Å². The summed E-state index contributed by atoms with van der Waals surface area (Å²) in [5.74, 6) is 0.125. The molecule has 1 N–H and O–H groups in total. The van der Waals surface area contributed by atoms with Crippen LogP contribution in [0.1, 0.15) is 15.9 Å². The monoisotopic (exact) mass is 277 g/mol. The number of hydrogen-bond donors (Lipinski definition) is 1. The van der Waals surface area contributed by atoms with Gasteiger partial charge in [0.25, 0.3) is 12.3 Å². The van der Waals surface area contributed by atoms with Crippen molar-refractivity contribution in [1.82, 2.24) is 5.32 Å². The number of ether oxygens (including phenoxy) is 1. The van der Waals surface area contributed by atoms with Gasteiger partial charge in [0.15, 0.2) is 0 Å². The lowest BCUT2D eigenvalue weighted by Gasteiger charge is -2.06. The van der Waals surface area contributed by atoms with E-state index < -0.39 is 13.0 Å². The van der Waals surface area contributed by atoms with Crippen LogP contribution in [-0.4, -0.2) is 32.1 Å². The molecule has 1 aromatic rings. The molecular formula is C12H14ClF2NO2. The number of halogens is 3. The van der Waals surface area contributed by atoms with E-state index in [1.165, 1.54) is 0 Å². The molecule has 100 valence electrons. The Hall–Kier alpha value is -1.20. The first-order chi connectivity index (χ1) is 8.63. The Balaban J connectivity index is 2.27. The van der Waals surface area contributed by atoms with E-state index in [2.05, 4.69) is 10.1 Å². The molecule has 0 unspecified atom stereocenters. The summed E-state index contributed by atoms with van der Waals surface area (Å²) in [6.07, 6.45) is -2.48. The lowest BCUT2D eigenvalue weighted by Crippen LogP contribution is -2.27. The predicted molar refractivity (Wildman–Crippen MR) is 65.2 cm³/mol. The normalized spacial score (nSPS) is 10.7. The molecule has 0 aliphatic rings. The number of carbonyl (C=O) groups excluding carboxylic acids is 1. The third kappa shape index (κ3) is 5.42. The van der Waals surface area contributed by atoms with Gasteiger partial charge in [0.05, 0.1) is 6.61 Å². The van der Waals surface area contributed by atoms with Crippen molar-refractivity contribution in [1.29, 1.82) is 0 Å². The molecule has 0 bridgehead atoms. The van der Waals surface area contributed by atoms with Gasteiger partial charge >= 0.3 is 0 Å². The molecule has 1 rings (SSSR count). The minimum Gasteiger partial charge on any atom is -0.374 e. The summed E-state index contributed by atoms with van der Waals surface area (Å²) >= 11 is 5.62. The molecule has 3 nitrogen and oxygen atoms in total. The van der Waals surface area contributed by atoms with Crippen LogP contribution >= 0.6 is 11.6 Å². The van der Waals surface area contributed by atoms with Gasteiger partial charge < -0.3 is 10.1 Å². The van der Waals surface area contributed by atoms with Gasteiger partial charge in [-0.15, -0.1) is 11.6 Å². The third-order valence-electron chi connectivity index (χ3n) is 2.15. The van der Waals surface area contributed by atoms with Crippen molar-refractivity contribution >= 4 is 17.5 Å². The van der Waals surface area contributed by atoms with Crippen LogP contribution in [0.25, 0.3) is 0 Å². The van der Waals surface area contributed by atoms with E-state index in [4.69, 9.17) is 11.6 Å². The molecule has 0 spiro atoms. The Morgan fingerprint density at radius 2 is 2.00 bits per heavy atom. The molecule has 0 saturated carbocycles. The zero-order chi connectivity index (χ0) is 13.4. The Kier molecular flexibility index (Phi) is 6.60. The van der Waals surface area contributed by atoms with Crippen LogP contribution in [0, 0.1) is 0 Å². The number of hydrogen-bond acceptors (Lipinski definition) is 2. The Labute approximate surface area is 109 Å². The summed E-state index contributed by atoms with van der Waals surface area (Å²) in [4.78, 5) is 11.6. The number of benzene rings is 1. The molecule has 0 saturated heterocycles. The van der Waals surface area contributed by atoms with Gasteiger partial charge in [0.1, 0.15) is 6.61 Å².